The van der Waals surface area contributed by atoms with E-state index in [-0.39, 0.29) is 11.8 Å². The zero-order chi connectivity index (χ0) is 20.3. The average Bonchev–Trinajstić information content (AvgIpc) is 2.97. The second-order valence-corrected chi connectivity index (χ2v) is 7.12. The summed E-state index contributed by atoms with van der Waals surface area (Å²) in [6.07, 6.45) is 0. The van der Waals surface area contributed by atoms with Crippen molar-refractivity contribution in [3.8, 4) is 17.2 Å². The van der Waals surface area contributed by atoms with Crippen LogP contribution in [0.5, 0.6) is 17.2 Å². The molecular weight excluding hydrogens is 378 g/mol. The van der Waals surface area contributed by atoms with Gasteiger partial charge >= 0.3 is 0 Å². The van der Waals surface area contributed by atoms with E-state index in [1.165, 1.54) is 23.8 Å². The van der Waals surface area contributed by atoms with Crippen LogP contribution in [0, 0.1) is 0 Å². The number of carbonyl (C=O) groups excluding carboxylic acids is 2. The summed E-state index contributed by atoms with van der Waals surface area (Å²) in [5.74, 6) is 1.68. The van der Waals surface area contributed by atoms with E-state index in [0.29, 0.717) is 44.7 Å². The average molecular weight is 399 g/mol. The molecule has 0 saturated carbocycles. The molecule has 1 heterocycles. The lowest BCUT2D eigenvalue weighted by Crippen LogP contribution is -2.31. The van der Waals surface area contributed by atoms with Gasteiger partial charge in [0.05, 0.1) is 37.5 Å². The number of hydrogen-bond donors (Lipinski definition) is 0. The molecule has 7 heteroatoms. The zero-order valence-corrected chi connectivity index (χ0v) is 17.0. The van der Waals surface area contributed by atoms with E-state index in [0.717, 1.165) is 0 Å². The van der Waals surface area contributed by atoms with Gasteiger partial charge in [-0.25, -0.2) is 4.90 Å². The van der Waals surface area contributed by atoms with Crippen LogP contribution in [0.1, 0.15) is 12.5 Å². The highest BCUT2D eigenvalue weighted by molar-refractivity contribution is 8.04. The first-order chi connectivity index (χ1) is 13.5. The van der Waals surface area contributed by atoms with Gasteiger partial charge in [-0.05, 0) is 47.7 Å². The van der Waals surface area contributed by atoms with Gasteiger partial charge in [-0.3, -0.25) is 9.59 Å². The zero-order valence-electron chi connectivity index (χ0n) is 16.1. The number of rotatable bonds is 7. The van der Waals surface area contributed by atoms with Crippen LogP contribution in [0.15, 0.2) is 47.4 Å². The van der Waals surface area contributed by atoms with Gasteiger partial charge in [0, 0.05) is 0 Å². The fraction of sp³-hybridized carbons (Fsp3) is 0.238. The molecule has 146 valence electrons. The molecule has 0 saturated heterocycles. The van der Waals surface area contributed by atoms with Crippen LogP contribution >= 0.6 is 11.8 Å². The number of hydrogen-bond acceptors (Lipinski definition) is 6. The van der Waals surface area contributed by atoms with Crippen molar-refractivity contribution in [3.05, 3.63) is 52.9 Å². The highest BCUT2D eigenvalue weighted by atomic mass is 32.2. The van der Waals surface area contributed by atoms with Gasteiger partial charge < -0.3 is 14.2 Å². The van der Waals surface area contributed by atoms with E-state index in [2.05, 4.69) is 0 Å². The minimum atomic E-state index is -0.363. The number of anilines is 1. The van der Waals surface area contributed by atoms with Crippen LogP contribution in [0.25, 0.3) is 5.57 Å². The Morgan fingerprint density at radius 2 is 1.54 bits per heavy atom. The quantitative estimate of drug-likeness (QED) is 0.661. The minimum absolute atomic E-state index is 0.327. The number of benzene rings is 2. The van der Waals surface area contributed by atoms with Crippen molar-refractivity contribution in [1.82, 2.24) is 0 Å². The van der Waals surface area contributed by atoms with E-state index in [9.17, 15) is 9.59 Å². The van der Waals surface area contributed by atoms with E-state index < -0.39 is 0 Å². The van der Waals surface area contributed by atoms with Gasteiger partial charge in [-0.1, -0.05) is 13.0 Å². The molecule has 6 nitrogen and oxygen atoms in total. The molecule has 0 fully saturated rings. The Morgan fingerprint density at radius 3 is 2.11 bits per heavy atom. The second-order valence-electron chi connectivity index (χ2n) is 5.85. The van der Waals surface area contributed by atoms with Crippen molar-refractivity contribution in [1.29, 1.82) is 0 Å². The summed E-state index contributed by atoms with van der Waals surface area (Å²) in [6.45, 7) is 1.94. The molecule has 0 atom stereocenters. The first-order valence-corrected chi connectivity index (χ1v) is 9.66. The molecule has 2 aromatic rings. The van der Waals surface area contributed by atoms with E-state index in [1.807, 2.05) is 6.92 Å². The van der Waals surface area contributed by atoms with Gasteiger partial charge in [0.2, 0.25) is 0 Å². The van der Waals surface area contributed by atoms with Crippen LogP contribution in [0.3, 0.4) is 0 Å². The maximum atomic E-state index is 13.2. The van der Waals surface area contributed by atoms with Gasteiger partial charge in [0.15, 0.2) is 11.5 Å². The van der Waals surface area contributed by atoms with E-state index in [4.69, 9.17) is 14.2 Å². The molecule has 1 aliphatic heterocycles. The Bertz CT molecular complexity index is 936. The summed E-state index contributed by atoms with van der Waals surface area (Å²) < 4.78 is 15.8. The summed E-state index contributed by atoms with van der Waals surface area (Å²) in [6, 6.07) is 12.0. The highest BCUT2D eigenvalue weighted by Gasteiger charge is 2.40. The molecule has 0 aromatic heterocycles. The third-order valence-corrected chi connectivity index (χ3v) is 5.29. The summed E-state index contributed by atoms with van der Waals surface area (Å²) in [4.78, 5) is 27.9. The van der Waals surface area contributed by atoms with Crippen molar-refractivity contribution in [3.63, 3.8) is 0 Å². The third-order valence-electron chi connectivity index (χ3n) is 4.33. The van der Waals surface area contributed by atoms with Crippen LogP contribution in [-0.2, 0) is 9.59 Å². The number of ether oxygens (including phenoxy) is 3. The van der Waals surface area contributed by atoms with Gasteiger partial charge in [-0.15, -0.1) is 11.8 Å². The summed E-state index contributed by atoms with van der Waals surface area (Å²) in [5, 5.41) is 0. The number of nitrogens with zero attached hydrogens (tertiary/aromatic N) is 1. The summed E-state index contributed by atoms with van der Waals surface area (Å²) in [7, 11) is 4.64. The molecule has 0 aliphatic carbocycles. The first kappa shape index (κ1) is 19.8. The van der Waals surface area contributed by atoms with Crippen LogP contribution in [0.4, 0.5) is 5.69 Å². The third kappa shape index (κ3) is 3.45. The molecule has 0 radical (unpaired) electrons. The largest absolute Gasteiger partial charge is 0.497 e. The molecule has 1 aliphatic rings. The van der Waals surface area contributed by atoms with Crippen LogP contribution < -0.4 is 19.1 Å². The van der Waals surface area contributed by atoms with Gasteiger partial charge in [-0.2, -0.15) is 0 Å². The lowest BCUT2D eigenvalue weighted by Gasteiger charge is -2.16. The molecule has 2 amide bonds. The fourth-order valence-corrected chi connectivity index (χ4v) is 3.85. The Kier molecular flexibility index (Phi) is 5.94. The monoisotopic (exact) mass is 399 g/mol. The van der Waals surface area contributed by atoms with Crippen LogP contribution in [-0.4, -0.2) is 38.9 Å². The number of amides is 2. The van der Waals surface area contributed by atoms with Crippen molar-refractivity contribution < 1.29 is 23.8 Å². The molecule has 2 aromatic carbocycles. The maximum absolute atomic E-state index is 13.2. The Balaban J connectivity index is 2.07. The lowest BCUT2D eigenvalue weighted by molar-refractivity contribution is -0.119. The predicted molar refractivity (Wildman–Crippen MR) is 110 cm³/mol. The molecule has 0 unspecified atom stereocenters. The number of thioether (sulfide) groups is 1. The van der Waals surface area contributed by atoms with Crippen molar-refractivity contribution in [2.45, 2.75) is 6.92 Å². The Morgan fingerprint density at radius 1 is 0.857 bits per heavy atom. The minimum Gasteiger partial charge on any atom is -0.497 e. The van der Waals surface area contributed by atoms with E-state index in [1.54, 1.807) is 56.7 Å². The van der Waals surface area contributed by atoms with Crippen molar-refractivity contribution in [2.24, 2.45) is 0 Å². The molecular formula is C21H21NO5S. The maximum Gasteiger partial charge on any atom is 0.272 e. The number of imide groups is 1. The summed E-state index contributed by atoms with van der Waals surface area (Å²) >= 11 is 1.35. The summed E-state index contributed by atoms with van der Waals surface area (Å²) in [5.41, 5.74) is 1.48. The molecule has 0 N–H and O–H groups in total. The van der Waals surface area contributed by atoms with Gasteiger partial charge in [0.25, 0.3) is 11.8 Å². The van der Waals surface area contributed by atoms with Crippen molar-refractivity contribution in [2.75, 3.05) is 32.0 Å². The second kappa shape index (κ2) is 8.39. The molecule has 0 spiro atoms. The molecule has 28 heavy (non-hydrogen) atoms. The SMILES string of the molecule is CCSC1=C(c2ccc(OC)c(OC)c2)C(=O)N(c2ccc(OC)cc2)C1=O. The van der Waals surface area contributed by atoms with Crippen LogP contribution in [0.2, 0.25) is 0 Å². The first-order valence-electron chi connectivity index (χ1n) is 8.68. The fourth-order valence-electron chi connectivity index (χ4n) is 3.00. The molecule has 0 bridgehead atoms. The van der Waals surface area contributed by atoms with E-state index >= 15 is 0 Å². The Hall–Kier alpha value is -2.93. The smallest absolute Gasteiger partial charge is 0.272 e. The topological polar surface area (TPSA) is 65.1 Å². The normalized spacial score (nSPS) is 13.9. The van der Waals surface area contributed by atoms with Gasteiger partial charge in [0.1, 0.15) is 5.75 Å². The standard InChI is InChI=1S/C21H21NO5S/c1-5-28-19-18(13-6-11-16(26-3)17(12-13)27-4)20(23)22(21(19)24)14-7-9-15(25-2)10-8-14/h6-12H,5H2,1-4H3. The number of carbonyl (C=O) groups is 2. The van der Waals surface area contributed by atoms with Crippen molar-refractivity contribution >= 4 is 34.8 Å². The predicted octanol–water partition coefficient (Wildman–Crippen LogP) is 3.75. The Labute approximate surface area is 168 Å². The number of methoxy groups -OCH3 is 3. The molecule has 3 rings (SSSR count). The highest BCUT2D eigenvalue weighted by Crippen LogP contribution is 2.40. The lowest BCUT2D eigenvalue weighted by atomic mass is 10.1.